The fourth-order valence-corrected chi connectivity index (χ4v) is 1.63. The number of aliphatic hydroxyl groups excluding tert-OH is 1. The van der Waals surface area contributed by atoms with Gasteiger partial charge in [-0.25, -0.2) is 4.98 Å². The lowest BCUT2D eigenvalue weighted by Gasteiger charge is -2.32. The molecule has 0 saturated heterocycles. The maximum absolute atomic E-state index is 10.7. The van der Waals surface area contributed by atoms with Crippen LogP contribution in [0.1, 0.15) is 12.8 Å². The number of hydrogen-bond acceptors (Lipinski definition) is 6. The fourth-order valence-electron chi connectivity index (χ4n) is 1.49. The van der Waals surface area contributed by atoms with Gasteiger partial charge in [0.25, 0.3) is 0 Å². The van der Waals surface area contributed by atoms with Gasteiger partial charge in [-0.15, -0.1) is 0 Å². The minimum absolute atomic E-state index is 0.000309. The molecule has 0 aromatic carbocycles. The van der Waals surface area contributed by atoms with E-state index < -0.39 is 4.92 Å². The van der Waals surface area contributed by atoms with Gasteiger partial charge in [0.15, 0.2) is 0 Å². The molecule has 0 aliphatic heterocycles. The average Bonchev–Trinajstić information content (AvgIpc) is 2.15. The van der Waals surface area contributed by atoms with Crippen molar-refractivity contribution in [3.63, 3.8) is 0 Å². The summed E-state index contributed by atoms with van der Waals surface area (Å²) in [6, 6.07) is -0.000309. The normalized spacial score (nSPS) is 23.6. The SMILES string of the molecule is O=[N+]([O-])c1cnc(Cl)nc1NC1CC(O)C1. The Kier molecular flexibility index (Phi) is 2.88. The number of aliphatic hydroxyl groups is 1. The third kappa shape index (κ3) is 2.20. The lowest BCUT2D eigenvalue weighted by Crippen LogP contribution is -2.39. The lowest BCUT2D eigenvalue weighted by molar-refractivity contribution is -0.384. The molecule has 1 aromatic rings. The largest absolute Gasteiger partial charge is 0.393 e. The van der Waals surface area contributed by atoms with Crippen LogP contribution in [0.2, 0.25) is 5.28 Å². The summed E-state index contributed by atoms with van der Waals surface area (Å²) < 4.78 is 0. The zero-order valence-corrected chi connectivity index (χ0v) is 8.89. The van der Waals surface area contributed by atoms with Crippen molar-refractivity contribution in [3.05, 3.63) is 21.6 Å². The van der Waals surface area contributed by atoms with E-state index in [4.69, 9.17) is 16.7 Å². The Labute approximate surface area is 95.6 Å². The molecule has 1 heterocycles. The van der Waals surface area contributed by atoms with E-state index in [1.807, 2.05) is 0 Å². The first-order valence-corrected chi connectivity index (χ1v) is 5.05. The van der Waals surface area contributed by atoms with Gasteiger partial charge in [0, 0.05) is 6.04 Å². The Balaban J connectivity index is 2.17. The number of halogens is 1. The third-order valence-corrected chi connectivity index (χ3v) is 2.57. The molecule has 2 rings (SSSR count). The first-order chi connectivity index (χ1) is 7.56. The minimum Gasteiger partial charge on any atom is -0.393 e. The number of nitrogens with one attached hydrogen (secondary N) is 1. The van der Waals surface area contributed by atoms with Crippen molar-refractivity contribution >= 4 is 23.1 Å². The highest BCUT2D eigenvalue weighted by Gasteiger charge is 2.29. The predicted octanol–water partition coefficient (Wildman–Crippen LogP) is 0.973. The summed E-state index contributed by atoms with van der Waals surface area (Å²) in [4.78, 5) is 17.4. The number of hydrogen-bond donors (Lipinski definition) is 2. The van der Waals surface area contributed by atoms with Crippen molar-refractivity contribution in [3.8, 4) is 0 Å². The molecule has 0 spiro atoms. The van der Waals surface area contributed by atoms with Crippen molar-refractivity contribution < 1.29 is 10.0 Å². The summed E-state index contributed by atoms with van der Waals surface area (Å²) in [6.45, 7) is 0. The van der Waals surface area contributed by atoms with Crippen LogP contribution in [0.25, 0.3) is 0 Å². The Bertz CT molecular complexity index is 422. The maximum atomic E-state index is 10.7. The predicted molar refractivity (Wildman–Crippen MR) is 56.3 cm³/mol. The molecule has 2 N–H and O–H groups in total. The van der Waals surface area contributed by atoms with E-state index in [2.05, 4.69) is 15.3 Å². The first kappa shape index (κ1) is 11.0. The van der Waals surface area contributed by atoms with Gasteiger partial charge in [0.2, 0.25) is 11.1 Å². The van der Waals surface area contributed by atoms with Gasteiger partial charge in [0.05, 0.1) is 11.0 Å². The van der Waals surface area contributed by atoms with Crippen LogP contribution in [0.15, 0.2) is 6.20 Å². The number of nitro groups is 1. The minimum atomic E-state index is -0.576. The van der Waals surface area contributed by atoms with Gasteiger partial charge in [0.1, 0.15) is 6.20 Å². The zero-order valence-electron chi connectivity index (χ0n) is 8.13. The Hall–Kier alpha value is -1.47. The molecular formula is C8H9ClN4O3. The number of rotatable bonds is 3. The van der Waals surface area contributed by atoms with E-state index in [9.17, 15) is 10.1 Å². The molecule has 7 nitrogen and oxygen atoms in total. The fraction of sp³-hybridized carbons (Fsp3) is 0.500. The summed E-state index contributed by atoms with van der Waals surface area (Å²) in [6.07, 6.45) is 1.83. The Morgan fingerprint density at radius 2 is 2.31 bits per heavy atom. The zero-order chi connectivity index (χ0) is 11.7. The molecule has 8 heteroatoms. The summed E-state index contributed by atoms with van der Waals surface area (Å²) in [7, 11) is 0. The van der Waals surface area contributed by atoms with Gasteiger partial charge in [-0.05, 0) is 24.4 Å². The molecule has 1 aliphatic carbocycles. The summed E-state index contributed by atoms with van der Waals surface area (Å²) in [5.74, 6) is 0.0990. The molecule has 0 amide bonds. The van der Waals surface area contributed by atoms with E-state index >= 15 is 0 Å². The van der Waals surface area contributed by atoms with E-state index in [0.29, 0.717) is 12.8 Å². The van der Waals surface area contributed by atoms with E-state index in [0.717, 1.165) is 6.20 Å². The standard InChI is InChI=1S/C8H9ClN4O3/c9-8-10-3-6(13(15)16)7(12-8)11-4-1-5(14)2-4/h3-5,14H,1-2H2,(H,10,11,12). The number of aromatic nitrogens is 2. The monoisotopic (exact) mass is 244 g/mol. The smallest absolute Gasteiger partial charge is 0.329 e. The lowest BCUT2D eigenvalue weighted by atomic mass is 9.89. The molecule has 0 bridgehead atoms. The van der Waals surface area contributed by atoms with E-state index in [1.165, 1.54) is 0 Å². The maximum Gasteiger partial charge on any atom is 0.329 e. The third-order valence-electron chi connectivity index (χ3n) is 2.39. The van der Waals surface area contributed by atoms with Crippen molar-refractivity contribution in [2.45, 2.75) is 25.0 Å². The molecule has 1 aromatic heterocycles. The summed E-state index contributed by atoms with van der Waals surface area (Å²) >= 11 is 5.56. The van der Waals surface area contributed by atoms with E-state index in [1.54, 1.807) is 0 Å². The second-order valence-corrected chi connectivity index (χ2v) is 3.93. The average molecular weight is 245 g/mol. The van der Waals surface area contributed by atoms with E-state index in [-0.39, 0.29) is 28.9 Å². The molecular weight excluding hydrogens is 236 g/mol. The Morgan fingerprint density at radius 1 is 1.62 bits per heavy atom. The highest BCUT2D eigenvalue weighted by molar-refractivity contribution is 6.28. The molecule has 1 saturated carbocycles. The van der Waals surface area contributed by atoms with Crippen LogP contribution in [0.5, 0.6) is 0 Å². The van der Waals surface area contributed by atoms with Crippen molar-refractivity contribution in [1.29, 1.82) is 0 Å². The molecule has 16 heavy (non-hydrogen) atoms. The van der Waals surface area contributed by atoms with Crippen LogP contribution in [-0.2, 0) is 0 Å². The second kappa shape index (κ2) is 4.18. The van der Waals surface area contributed by atoms with Crippen LogP contribution in [0.4, 0.5) is 11.5 Å². The van der Waals surface area contributed by atoms with Gasteiger partial charge >= 0.3 is 5.69 Å². The van der Waals surface area contributed by atoms with Crippen LogP contribution in [0.3, 0.4) is 0 Å². The molecule has 0 radical (unpaired) electrons. The number of anilines is 1. The number of nitrogens with zero attached hydrogens (tertiary/aromatic N) is 3. The Morgan fingerprint density at radius 3 is 2.88 bits per heavy atom. The summed E-state index contributed by atoms with van der Waals surface area (Å²) in [5, 5.41) is 22.6. The van der Waals surface area contributed by atoms with Gasteiger partial charge in [-0.3, -0.25) is 10.1 Å². The van der Waals surface area contributed by atoms with Crippen LogP contribution < -0.4 is 5.32 Å². The molecule has 0 unspecified atom stereocenters. The van der Waals surface area contributed by atoms with Gasteiger partial charge < -0.3 is 10.4 Å². The molecule has 0 atom stereocenters. The highest BCUT2D eigenvalue weighted by Crippen LogP contribution is 2.28. The molecule has 86 valence electrons. The quantitative estimate of drug-likeness (QED) is 0.467. The van der Waals surface area contributed by atoms with Gasteiger partial charge in [-0.1, -0.05) is 0 Å². The van der Waals surface area contributed by atoms with Crippen LogP contribution >= 0.6 is 11.6 Å². The van der Waals surface area contributed by atoms with Crippen molar-refractivity contribution in [2.24, 2.45) is 0 Å². The van der Waals surface area contributed by atoms with Gasteiger partial charge in [-0.2, -0.15) is 4.98 Å². The second-order valence-electron chi connectivity index (χ2n) is 3.60. The van der Waals surface area contributed by atoms with Crippen LogP contribution in [0, 0.1) is 10.1 Å². The molecule has 1 aliphatic rings. The van der Waals surface area contributed by atoms with Crippen molar-refractivity contribution in [2.75, 3.05) is 5.32 Å². The van der Waals surface area contributed by atoms with Crippen molar-refractivity contribution in [1.82, 2.24) is 9.97 Å². The van der Waals surface area contributed by atoms with Crippen LogP contribution in [-0.4, -0.2) is 32.1 Å². The topological polar surface area (TPSA) is 101 Å². The first-order valence-electron chi connectivity index (χ1n) is 4.68. The summed E-state index contributed by atoms with van der Waals surface area (Å²) in [5.41, 5.74) is -0.217. The molecule has 1 fully saturated rings. The highest BCUT2D eigenvalue weighted by atomic mass is 35.5.